The van der Waals surface area contributed by atoms with Crippen molar-refractivity contribution in [1.29, 1.82) is 0 Å². The molecule has 1 aliphatic heterocycles. The van der Waals surface area contributed by atoms with Crippen LogP contribution in [0.3, 0.4) is 0 Å². The van der Waals surface area contributed by atoms with Gasteiger partial charge >= 0.3 is 12.0 Å². The summed E-state index contributed by atoms with van der Waals surface area (Å²) in [6.07, 6.45) is 1.24. The van der Waals surface area contributed by atoms with Crippen molar-refractivity contribution >= 4 is 23.6 Å². The zero-order valence-electron chi connectivity index (χ0n) is 11.3. The lowest BCUT2D eigenvalue weighted by atomic mass is 10.2. The summed E-state index contributed by atoms with van der Waals surface area (Å²) >= 11 is 6.07. The SMILES string of the molecule is CN(Cc1ccccc1Cl)C(=O)N1CCCC1C(=O)O. The van der Waals surface area contributed by atoms with E-state index in [0.29, 0.717) is 24.5 Å². The molecule has 0 aliphatic carbocycles. The largest absolute Gasteiger partial charge is 0.480 e. The summed E-state index contributed by atoms with van der Waals surface area (Å²) in [4.78, 5) is 26.4. The van der Waals surface area contributed by atoms with Crippen molar-refractivity contribution < 1.29 is 14.7 Å². The maximum absolute atomic E-state index is 12.3. The third kappa shape index (κ3) is 3.04. The molecule has 1 N–H and O–H groups in total. The number of hydrogen-bond donors (Lipinski definition) is 1. The van der Waals surface area contributed by atoms with Crippen molar-refractivity contribution in [2.75, 3.05) is 13.6 Å². The molecule has 0 saturated carbocycles. The van der Waals surface area contributed by atoms with Crippen molar-refractivity contribution in [3.05, 3.63) is 34.9 Å². The topological polar surface area (TPSA) is 60.9 Å². The molecule has 1 saturated heterocycles. The van der Waals surface area contributed by atoms with Crippen molar-refractivity contribution in [1.82, 2.24) is 9.80 Å². The van der Waals surface area contributed by atoms with Crippen molar-refractivity contribution in [2.45, 2.75) is 25.4 Å². The molecule has 2 rings (SSSR count). The molecule has 1 heterocycles. The fourth-order valence-corrected chi connectivity index (χ4v) is 2.62. The van der Waals surface area contributed by atoms with Gasteiger partial charge in [-0.3, -0.25) is 0 Å². The van der Waals surface area contributed by atoms with Gasteiger partial charge in [-0.25, -0.2) is 9.59 Å². The second-order valence-electron chi connectivity index (χ2n) is 4.92. The number of benzene rings is 1. The Hall–Kier alpha value is -1.75. The Morgan fingerprint density at radius 2 is 2.15 bits per heavy atom. The number of carboxylic acid groups (broad SMARTS) is 1. The second-order valence-corrected chi connectivity index (χ2v) is 5.33. The van der Waals surface area contributed by atoms with Gasteiger partial charge in [0, 0.05) is 25.2 Å². The van der Waals surface area contributed by atoms with Crippen LogP contribution in [0.1, 0.15) is 18.4 Å². The summed E-state index contributed by atoms with van der Waals surface area (Å²) in [6, 6.07) is 6.32. The smallest absolute Gasteiger partial charge is 0.326 e. The Morgan fingerprint density at radius 3 is 2.80 bits per heavy atom. The fourth-order valence-electron chi connectivity index (χ4n) is 2.42. The molecular formula is C14H17ClN2O3. The number of halogens is 1. The molecular weight excluding hydrogens is 280 g/mol. The zero-order chi connectivity index (χ0) is 14.7. The van der Waals surface area contributed by atoms with Crippen molar-refractivity contribution in [3.8, 4) is 0 Å². The first kappa shape index (κ1) is 14.7. The van der Waals surface area contributed by atoms with Crippen LogP contribution < -0.4 is 0 Å². The summed E-state index contributed by atoms with van der Waals surface area (Å²) in [5.41, 5.74) is 0.844. The van der Waals surface area contributed by atoms with E-state index in [9.17, 15) is 9.59 Å². The summed E-state index contributed by atoms with van der Waals surface area (Å²) < 4.78 is 0. The molecule has 0 spiro atoms. The van der Waals surface area contributed by atoms with E-state index in [1.165, 1.54) is 9.80 Å². The van der Waals surface area contributed by atoms with E-state index >= 15 is 0 Å². The van der Waals surface area contributed by atoms with E-state index in [1.807, 2.05) is 18.2 Å². The quantitative estimate of drug-likeness (QED) is 0.932. The molecule has 0 bridgehead atoms. The van der Waals surface area contributed by atoms with Gasteiger partial charge in [0.25, 0.3) is 0 Å². The number of urea groups is 1. The highest BCUT2D eigenvalue weighted by atomic mass is 35.5. The lowest BCUT2D eigenvalue weighted by molar-refractivity contribution is -0.141. The van der Waals surface area contributed by atoms with Gasteiger partial charge in [-0.15, -0.1) is 0 Å². The maximum atomic E-state index is 12.3. The van der Waals surface area contributed by atoms with Gasteiger partial charge in [-0.2, -0.15) is 0 Å². The number of carboxylic acids is 1. The molecule has 1 aromatic carbocycles. The van der Waals surface area contributed by atoms with Crippen LogP contribution in [0, 0.1) is 0 Å². The van der Waals surface area contributed by atoms with Gasteiger partial charge < -0.3 is 14.9 Å². The molecule has 108 valence electrons. The standard InChI is InChI=1S/C14H17ClN2O3/c1-16(9-10-5-2-3-6-11(10)15)14(20)17-8-4-7-12(17)13(18)19/h2-3,5-6,12H,4,7-9H2,1H3,(H,18,19). The molecule has 1 fully saturated rings. The van der Waals surface area contributed by atoms with E-state index in [0.717, 1.165) is 12.0 Å². The normalized spacial score (nSPS) is 18.1. The lowest BCUT2D eigenvalue weighted by Crippen LogP contribution is -2.46. The minimum absolute atomic E-state index is 0.269. The molecule has 2 amide bonds. The molecule has 1 aromatic rings. The molecule has 1 aliphatic rings. The van der Waals surface area contributed by atoms with Gasteiger partial charge in [0.15, 0.2) is 0 Å². The lowest BCUT2D eigenvalue weighted by Gasteiger charge is -2.27. The summed E-state index contributed by atoms with van der Waals surface area (Å²) in [5.74, 6) is -0.943. The van der Waals surface area contributed by atoms with Crippen molar-refractivity contribution in [2.24, 2.45) is 0 Å². The number of rotatable bonds is 3. The first-order valence-corrected chi connectivity index (χ1v) is 6.86. The molecule has 5 nitrogen and oxygen atoms in total. The minimum atomic E-state index is -0.943. The van der Waals surface area contributed by atoms with Crippen LogP contribution in [0.5, 0.6) is 0 Å². The predicted molar refractivity (Wildman–Crippen MR) is 75.7 cm³/mol. The third-order valence-corrected chi connectivity index (χ3v) is 3.84. The summed E-state index contributed by atoms with van der Waals surface area (Å²) in [5, 5.41) is 9.71. The zero-order valence-corrected chi connectivity index (χ0v) is 12.0. The maximum Gasteiger partial charge on any atom is 0.326 e. The molecule has 0 radical (unpaired) electrons. The number of aliphatic carboxylic acids is 1. The Labute approximate surface area is 122 Å². The number of nitrogens with zero attached hydrogens (tertiary/aromatic N) is 2. The van der Waals surface area contributed by atoms with Crippen LogP contribution >= 0.6 is 11.6 Å². The molecule has 6 heteroatoms. The Balaban J connectivity index is 2.05. The van der Waals surface area contributed by atoms with Gasteiger partial charge in [-0.1, -0.05) is 29.8 Å². The number of hydrogen-bond acceptors (Lipinski definition) is 2. The van der Waals surface area contributed by atoms with Gasteiger partial charge in [-0.05, 0) is 24.5 Å². The molecule has 1 unspecified atom stereocenters. The van der Waals surface area contributed by atoms with E-state index in [-0.39, 0.29) is 6.03 Å². The van der Waals surface area contributed by atoms with E-state index < -0.39 is 12.0 Å². The number of amides is 2. The number of carbonyl (C=O) groups excluding carboxylic acids is 1. The summed E-state index contributed by atoms with van der Waals surface area (Å²) in [6.45, 7) is 0.851. The Bertz CT molecular complexity index is 521. The number of likely N-dealkylation sites (tertiary alicyclic amines) is 1. The predicted octanol–water partition coefficient (Wildman–Crippen LogP) is 2.44. The fraction of sp³-hybridized carbons (Fsp3) is 0.429. The average Bonchev–Trinajstić information content (AvgIpc) is 2.89. The van der Waals surface area contributed by atoms with Gasteiger partial charge in [0.05, 0.1) is 0 Å². The van der Waals surface area contributed by atoms with Crippen LogP contribution in [0.15, 0.2) is 24.3 Å². The van der Waals surface area contributed by atoms with Gasteiger partial charge in [0.2, 0.25) is 0 Å². The average molecular weight is 297 g/mol. The molecule has 20 heavy (non-hydrogen) atoms. The third-order valence-electron chi connectivity index (χ3n) is 3.48. The Kier molecular flexibility index (Phi) is 4.49. The monoisotopic (exact) mass is 296 g/mol. The van der Waals surface area contributed by atoms with E-state index in [1.54, 1.807) is 13.1 Å². The van der Waals surface area contributed by atoms with Crippen LogP contribution in [-0.4, -0.2) is 46.5 Å². The van der Waals surface area contributed by atoms with Crippen LogP contribution in [0.25, 0.3) is 0 Å². The van der Waals surface area contributed by atoms with Crippen molar-refractivity contribution in [3.63, 3.8) is 0 Å². The minimum Gasteiger partial charge on any atom is -0.480 e. The van der Waals surface area contributed by atoms with Crippen LogP contribution in [0.4, 0.5) is 4.79 Å². The highest BCUT2D eigenvalue weighted by molar-refractivity contribution is 6.31. The van der Waals surface area contributed by atoms with E-state index in [2.05, 4.69) is 0 Å². The Morgan fingerprint density at radius 1 is 1.45 bits per heavy atom. The van der Waals surface area contributed by atoms with E-state index in [4.69, 9.17) is 16.7 Å². The highest BCUT2D eigenvalue weighted by Gasteiger charge is 2.35. The first-order chi connectivity index (χ1) is 9.50. The summed E-state index contributed by atoms with van der Waals surface area (Å²) in [7, 11) is 1.66. The van der Waals surface area contributed by atoms with Crippen LogP contribution in [-0.2, 0) is 11.3 Å². The molecule has 0 aromatic heterocycles. The first-order valence-electron chi connectivity index (χ1n) is 6.48. The highest BCUT2D eigenvalue weighted by Crippen LogP contribution is 2.21. The van der Waals surface area contributed by atoms with Gasteiger partial charge in [0.1, 0.15) is 6.04 Å². The second kappa shape index (κ2) is 6.13. The molecule has 1 atom stereocenters. The number of carbonyl (C=O) groups is 2. The van der Waals surface area contributed by atoms with Crippen LogP contribution in [0.2, 0.25) is 5.02 Å².